The molecule has 0 aromatic heterocycles. The van der Waals surface area contributed by atoms with Crippen molar-refractivity contribution in [3.05, 3.63) is 0 Å². The van der Waals surface area contributed by atoms with Crippen molar-refractivity contribution in [2.24, 2.45) is 5.92 Å². The van der Waals surface area contributed by atoms with Crippen LogP contribution in [0, 0.1) is 5.92 Å². The fourth-order valence-electron chi connectivity index (χ4n) is 0.632. The van der Waals surface area contributed by atoms with Gasteiger partial charge in [0.25, 0.3) is 0 Å². The molecule has 56 valence electrons. The number of nitrogens with zero attached hydrogens (tertiary/aromatic N) is 1. The Bertz CT molecular complexity index is 71.3. The summed E-state index contributed by atoms with van der Waals surface area (Å²) in [5, 5.41) is 9.22. The molecule has 0 rings (SSSR count). The van der Waals surface area contributed by atoms with Crippen LogP contribution in [-0.2, 0) is 0 Å². The van der Waals surface area contributed by atoms with Crippen molar-refractivity contribution < 1.29 is 5.11 Å². The maximum Gasteiger partial charge on any atom is 0.107 e. The minimum atomic E-state index is -0.273. The molecule has 1 N–H and O–H groups in total. The third-order valence-corrected chi connectivity index (χ3v) is 1.28. The van der Waals surface area contributed by atoms with E-state index in [-0.39, 0.29) is 6.23 Å². The second-order valence-corrected chi connectivity index (χ2v) is 3.07. The molecule has 0 bridgehead atoms. The van der Waals surface area contributed by atoms with Crippen LogP contribution in [0.5, 0.6) is 0 Å². The van der Waals surface area contributed by atoms with Gasteiger partial charge in [-0.3, -0.25) is 4.90 Å². The molecular weight excluding hydrogens is 114 g/mol. The first kappa shape index (κ1) is 8.92. The first-order valence-electron chi connectivity index (χ1n) is 3.38. The normalized spacial score (nSPS) is 15.0. The van der Waals surface area contributed by atoms with Crippen LogP contribution in [-0.4, -0.2) is 30.3 Å². The van der Waals surface area contributed by atoms with Crippen molar-refractivity contribution in [2.75, 3.05) is 14.1 Å². The average Bonchev–Trinajstić information content (AvgIpc) is 1.63. The molecule has 1 unspecified atom stereocenters. The molecule has 9 heavy (non-hydrogen) atoms. The van der Waals surface area contributed by atoms with Gasteiger partial charge < -0.3 is 5.11 Å². The van der Waals surface area contributed by atoms with Gasteiger partial charge in [-0.25, -0.2) is 0 Å². The zero-order chi connectivity index (χ0) is 7.44. The van der Waals surface area contributed by atoms with E-state index in [0.29, 0.717) is 5.92 Å². The van der Waals surface area contributed by atoms with Crippen molar-refractivity contribution in [1.82, 2.24) is 4.90 Å². The van der Waals surface area contributed by atoms with Crippen LogP contribution in [0.25, 0.3) is 0 Å². The van der Waals surface area contributed by atoms with E-state index in [0.717, 1.165) is 6.42 Å². The van der Waals surface area contributed by atoms with E-state index in [9.17, 15) is 5.11 Å². The van der Waals surface area contributed by atoms with Crippen LogP contribution in [0.1, 0.15) is 20.3 Å². The lowest BCUT2D eigenvalue weighted by Gasteiger charge is -2.19. The highest BCUT2D eigenvalue weighted by Gasteiger charge is 2.07. The fraction of sp³-hybridized carbons (Fsp3) is 1.00. The largest absolute Gasteiger partial charge is 0.378 e. The minimum absolute atomic E-state index is 0.273. The summed E-state index contributed by atoms with van der Waals surface area (Å²) in [4.78, 5) is 1.82. The molecule has 0 radical (unpaired) electrons. The fourth-order valence-corrected chi connectivity index (χ4v) is 0.632. The lowest BCUT2D eigenvalue weighted by molar-refractivity contribution is 0.0234. The van der Waals surface area contributed by atoms with Gasteiger partial charge in [0.2, 0.25) is 0 Å². The van der Waals surface area contributed by atoms with Crippen molar-refractivity contribution in [1.29, 1.82) is 0 Å². The highest BCUT2D eigenvalue weighted by Crippen LogP contribution is 2.04. The average molecular weight is 131 g/mol. The summed E-state index contributed by atoms with van der Waals surface area (Å²) in [7, 11) is 3.76. The zero-order valence-corrected chi connectivity index (χ0v) is 6.76. The molecule has 0 spiro atoms. The first-order chi connectivity index (χ1) is 4.04. The Morgan fingerprint density at radius 1 is 1.33 bits per heavy atom. The number of aliphatic hydroxyl groups is 1. The van der Waals surface area contributed by atoms with E-state index in [2.05, 4.69) is 13.8 Å². The number of rotatable bonds is 3. The second-order valence-electron chi connectivity index (χ2n) is 3.07. The molecule has 0 aromatic rings. The Labute approximate surface area is 57.5 Å². The molecule has 0 aliphatic carbocycles. The summed E-state index contributed by atoms with van der Waals surface area (Å²) in [6.45, 7) is 4.21. The van der Waals surface area contributed by atoms with Gasteiger partial charge in [0.1, 0.15) is 6.23 Å². The quantitative estimate of drug-likeness (QED) is 0.575. The summed E-state index contributed by atoms with van der Waals surface area (Å²) in [5.41, 5.74) is 0. The number of hydrogen-bond acceptors (Lipinski definition) is 2. The number of aliphatic hydroxyl groups excluding tert-OH is 1. The molecule has 2 nitrogen and oxygen atoms in total. The summed E-state index contributed by atoms with van der Waals surface area (Å²) in [5.74, 6) is 0.572. The lowest BCUT2D eigenvalue weighted by atomic mass is 10.1. The van der Waals surface area contributed by atoms with Gasteiger partial charge in [-0.15, -0.1) is 0 Å². The second kappa shape index (κ2) is 3.85. The van der Waals surface area contributed by atoms with E-state index in [4.69, 9.17) is 0 Å². The van der Waals surface area contributed by atoms with E-state index in [1.165, 1.54) is 0 Å². The van der Waals surface area contributed by atoms with Gasteiger partial charge in [-0.2, -0.15) is 0 Å². The predicted molar refractivity (Wildman–Crippen MR) is 39.1 cm³/mol. The van der Waals surface area contributed by atoms with Crippen LogP contribution >= 0.6 is 0 Å². The molecule has 0 aromatic carbocycles. The van der Waals surface area contributed by atoms with Crippen molar-refractivity contribution in [3.8, 4) is 0 Å². The Morgan fingerprint density at radius 3 is 1.89 bits per heavy atom. The minimum Gasteiger partial charge on any atom is -0.378 e. The topological polar surface area (TPSA) is 23.5 Å². The van der Waals surface area contributed by atoms with Crippen molar-refractivity contribution in [3.63, 3.8) is 0 Å². The molecule has 0 aliphatic heterocycles. The predicted octanol–water partition coefficient (Wildman–Crippen LogP) is 0.913. The molecule has 1 atom stereocenters. The highest BCUT2D eigenvalue weighted by molar-refractivity contribution is 4.53. The Morgan fingerprint density at radius 2 is 1.78 bits per heavy atom. The van der Waals surface area contributed by atoms with Gasteiger partial charge in [-0.1, -0.05) is 13.8 Å². The monoisotopic (exact) mass is 131 g/mol. The summed E-state index contributed by atoms with van der Waals surface area (Å²) in [6, 6.07) is 0. The van der Waals surface area contributed by atoms with Crippen LogP contribution in [0.3, 0.4) is 0 Å². The molecule has 0 heterocycles. The molecule has 0 fully saturated rings. The Kier molecular flexibility index (Phi) is 3.82. The van der Waals surface area contributed by atoms with E-state index in [1.807, 2.05) is 19.0 Å². The standard InChI is InChI=1S/C7H17NO/c1-6(2)5-7(9)8(3)4/h6-7,9H,5H2,1-4H3. The SMILES string of the molecule is CC(C)CC(O)N(C)C. The van der Waals surface area contributed by atoms with E-state index >= 15 is 0 Å². The molecule has 0 amide bonds. The Balaban J connectivity index is 3.38. The third kappa shape index (κ3) is 4.43. The van der Waals surface area contributed by atoms with Gasteiger partial charge in [0, 0.05) is 0 Å². The van der Waals surface area contributed by atoms with E-state index < -0.39 is 0 Å². The van der Waals surface area contributed by atoms with Gasteiger partial charge >= 0.3 is 0 Å². The molecule has 0 saturated carbocycles. The summed E-state index contributed by atoms with van der Waals surface area (Å²) >= 11 is 0. The van der Waals surface area contributed by atoms with Crippen molar-refractivity contribution >= 4 is 0 Å². The smallest absolute Gasteiger partial charge is 0.107 e. The molecule has 0 saturated heterocycles. The maximum atomic E-state index is 9.22. The van der Waals surface area contributed by atoms with Gasteiger partial charge in [0.15, 0.2) is 0 Å². The molecule has 2 heteroatoms. The zero-order valence-electron chi connectivity index (χ0n) is 6.76. The summed E-state index contributed by atoms with van der Waals surface area (Å²) in [6.07, 6.45) is 0.581. The van der Waals surface area contributed by atoms with Crippen LogP contribution < -0.4 is 0 Å². The highest BCUT2D eigenvalue weighted by atomic mass is 16.3. The van der Waals surface area contributed by atoms with E-state index in [1.54, 1.807) is 0 Å². The van der Waals surface area contributed by atoms with Crippen LogP contribution in [0.2, 0.25) is 0 Å². The van der Waals surface area contributed by atoms with Crippen LogP contribution in [0.15, 0.2) is 0 Å². The number of hydrogen-bond donors (Lipinski definition) is 1. The van der Waals surface area contributed by atoms with Crippen molar-refractivity contribution in [2.45, 2.75) is 26.5 Å². The molecular formula is C7H17NO. The third-order valence-electron chi connectivity index (χ3n) is 1.28. The van der Waals surface area contributed by atoms with Gasteiger partial charge in [0.05, 0.1) is 0 Å². The van der Waals surface area contributed by atoms with Crippen LogP contribution in [0.4, 0.5) is 0 Å². The first-order valence-corrected chi connectivity index (χ1v) is 3.38. The summed E-state index contributed by atoms with van der Waals surface area (Å²) < 4.78 is 0. The van der Waals surface area contributed by atoms with Gasteiger partial charge in [-0.05, 0) is 26.4 Å². The molecule has 0 aliphatic rings. The lowest BCUT2D eigenvalue weighted by Crippen LogP contribution is -2.28. The maximum absolute atomic E-state index is 9.22. The Hall–Kier alpha value is -0.0800.